The summed E-state index contributed by atoms with van der Waals surface area (Å²) in [5.74, 6) is 1.15. The SMILES string of the molecule is C[C@@H]1CC(=O)N[C@H](C(=O)N2CCN(c3nc4ccccc4[nH]3)CC2)C1. The second-order valence-electron chi connectivity index (χ2n) is 7.05. The van der Waals surface area contributed by atoms with Gasteiger partial charge in [-0.25, -0.2) is 4.98 Å². The summed E-state index contributed by atoms with van der Waals surface area (Å²) in [5, 5.41) is 2.84. The first-order valence-corrected chi connectivity index (χ1v) is 8.88. The molecule has 3 heterocycles. The highest BCUT2D eigenvalue weighted by Gasteiger charge is 2.33. The summed E-state index contributed by atoms with van der Waals surface area (Å²) < 4.78 is 0. The molecule has 1 aromatic heterocycles. The highest BCUT2D eigenvalue weighted by molar-refractivity contribution is 5.89. The van der Waals surface area contributed by atoms with Crippen LogP contribution in [0.4, 0.5) is 5.95 Å². The molecule has 0 aliphatic carbocycles. The fourth-order valence-corrected chi connectivity index (χ4v) is 3.73. The number of aromatic nitrogens is 2. The number of piperazine rings is 1. The van der Waals surface area contributed by atoms with E-state index in [1.165, 1.54) is 0 Å². The van der Waals surface area contributed by atoms with E-state index >= 15 is 0 Å². The smallest absolute Gasteiger partial charge is 0.245 e. The average Bonchev–Trinajstić information content (AvgIpc) is 3.04. The van der Waals surface area contributed by atoms with E-state index in [2.05, 4.69) is 20.2 Å². The lowest BCUT2D eigenvalue weighted by Crippen LogP contribution is -2.57. The van der Waals surface area contributed by atoms with Gasteiger partial charge in [-0.1, -0.05) is 19.1 Å². The second-order valence-corrected chi connectivity index (χ2v) is 7.05. The van der Waals surface area contributed by atoms with Crippen LogP contribution in [0.25, 0.3) is 11.0 Å². The first kappa shape index (κ1) is 15.9. The van der Waals surface area contributed by atoms with Crippen LogP contribution in [0.15, 0.2) is 24.3 Å². The van der Waals surface area contributed by atoms with Gasteiger partial charge in [0.1, 0.15) is 6.04 Å². The number of amides is 2. The molecule has 2 N–H and O–H groups in total. The zero-order chi connectivity index (χ0) is 17.4. The first-order valence-electron chi connectivity index (χ1n) is 8.88. The molecule has 0 bridgehead atoms. The van der Waals surface area contributed by atoms with Gasteiger partial charge in [0.25, 0.3) is 0 Å². The number of para-hydroxylation sites is 2. The van der Waals surface area contributed by atoms with E-state index in [1.807, 2.05) is 36.1 Å². The van der Waals surface area contributed by atoms with Gasteiger partial charge in [-0.3, -0.25) is 9.59 Å². The summed E-state index contributed by atoms with van der Waals surface area (Å²) in [5.41, 5.74) is 1.98. The Labute approximate surface area is 146 Å². The lowest BCUT2D eigenvalue weighted by atomic mass is 9.93. The van der Waals surface area contributed by atoms with Crippen LogP contribution in [-0.4, -0.2) is 58.9 Å². The normalized spacial score (nSPS) is 24.4. The summed E-state index contributed by atoms with van der Waals surface area (Å²) in [6.45, 7) is 4.80. The third kappa shape index (κ3) is 3.18. The number of hydrogen-bond acceptors (Lipinski definition) is 4. The lowest BCUT2D eigenvalue weighted by Gasteiger charge is -2.37. The maximum atomic E-state index is 12.7. The molecular weight excluding hydrogens is 318 g/mol. The minimum Gasteiger partial charge on any atom is -0.344 e. The number of nitrogens with zero attached hydrogens (tertiary/aromatic N) is 3. The number of fused-ring (bicyclic) bond motifs is 1. The predicted molar refractivity (Wildman–Crippen MR) is 95.2 cm³/mol. The van der Waals surface area contributed by atoms with Gasteiger partial charge in [-0.15, -0.1) is 0 Å². The predicted octanol–water partition coefficient (Wildman–Crippen LogP) is 1.13. The van der Waals surface area contributed by atoms with Gasteiger partial charge in [0, 0.05) is 32.6 Å². The van der Waals surface area contributed by atoms with Crippen molar-refractivity contribution in [3.8, 4) is 0 Å². The number of hydrogen-bond donors (Lipinski definition) is 2. The Morgan fingerprint density at radius 2 is 1.96 bits per heavy atom. The van der Waals surface area contributed by atoms with Crippen LogP contribution < -0.4 is 10.2 Å². The Morgan fingerprint density at radius 3 is 2.68 bits per heavy atom. The van der Waals surface area contributed by atoms with E-state index in [0.29, 0.717) is 19.5 Å². The van der Waals surface area contributed by atoms with Gasteiger partial charge < -0.3 is 20.1 Å². The minimum atomic E-state index is -0.367. The number of H-pyrrole nitrogens is 1. The van der Waals surface area contributed by atoms with Crippen molar-refractivity contribution in [3.63, 3.8) is 0 Å². The van der Waals surface area contributed by atoms with Crippen molar-refractivity contribution in [2.45, 2.75) is 25.8 Å². The van der Waals surface area contributed by atoms with Gasteiger partial charge in [0.15, 0.2) is 0 Å². The minimum absolute atomic E-state index is 0.0157. The molecule has 2 aliphatic heterocycles. The van der Waals surface area contributed by atoms with E-state index in [0.717, 1.165) is 36.5 Å². The summed E-state index contributed by atoms with van der Waals surface area (Å²) >= 11 is 0. The fourth-order valence-electron chi connectivity index (χ4n) is 3.73. The van der Waals surface area contributed by atoms with Gasteiger partial charge in [0.2, 0.25) is 17.8 Å². The van der Waals surface area contributed by atoms with Gasteiger partial charge in [-0.2, -0.15) is 0 Å². The summed E-state index contributed by atoms with van der Waals surface area (Å²) in [4.78, 5) is 36.4. The molecule has 25 heavy (non-hydrogen) atoms. The highest BCUT2D eigenvalue weighted by Crippen LogP contribution is 2.21. The van der Waals surface area contributed by atoms with Crippen molar-refractivity contribution in [1.29, 1.82) is 0 Å². The Bertz CT molecular complexity index is 761. The Hall–Kier alpha value is -2.57. The van der Waals surface area contributed by atoms with E-state index < -0.39 is 0 Å². The molecule has 7 heteroatoms. The molecule has 0 saturated carbocycles. The summed E-state index contributed by atoms with van der Waals surface area (Å²) in [7, 11) is 0. The Balaban J connectivity index is 1.39. The number of aromatic amines is 1. The Kier molecular flexibility index (Phi) is 4.07. The number of carbonyl (C=O) groups excluding carboxylic acids is 2. The monoisotopic (exact) mass is 341 g/mol. The third-order valence-electron chi connectivity index (χ3n) is 5.07. The molecule has 2 amide bonds. The molecule has 1 aromatic carbocycles. The van der Waals surface area contributed by atoms with Crippen LogP contribution in [0.1, 0.15) is 19.8 Å². The van der Waals surface area contributed by atoms with Crippen LogP contribution in [0.5, 0.6) is 0 Å². The van der Waals surface area contributed by atoms with E-state index in [1.54, 1.807) is 0 Å². The van der Waals surface area contributed by atoms with Gasteiger partial charge >= 0.3 is 0 Å². The van der Waals surface area contributed by atoms with Gasteiger partial charge in [-0.05, 0) is 24.5 Å². The molecule has 4 rings (SSSR count). The number of imidazole rings is 1. The first-order chi connectivity index (χ1) is 12.1. The maximum absolute atomic E-state index is 12.7. The maximum Gasteiger partial charge on any atom is 0.245 e. The lowest BCUT2D eigenvalue weighted by molar-refractivity contribution is -0.139. The number of rotatable bonds is 2. The standard InChI is InChI=1S/C18H23N5O2/c1-12-10-15(19-16(24)11-12)17(25)22-6-8-23(9-7-22)18-20-13-4-2-3-5-14(13)21-18/h2-5,12,15H,6-11H2,1H3,(H,19,24)(H,20,21)/t12-,15-/m0/s1. The molecule has 0 radical (unpaired) electrons. The molecular formula is C18H23N5O2. The van der Waals surface area contributed by atoms with Gasteiger partial charge in [0.05, 0.1) is 11.0 Å². The zero-order valence-electron chi connectivity index (χ0n) is 14.4. The molecule has 132 valence electrons. The molecule has 7 nitrogen and oxygen atoms in total. The highest BCUT2D eigenvalue weighted by atomic mass is 16.2. The third-order valence-corrected chi connectivity index (χ3v) is 5.07. The molecule has 2 aromatic rings. The average molecular weight is 341 g/mol. The quantitative estimate of drug-likeness (QED) is 0.858. The van der Waals surface area contributed by atoms with Crippen LogP contribution in [0.3, 0.4) is 0 Å². The molecule has 0 unspecified atom stereocenters. The van der Waals surface area contributed by atoms with Crippen molar-refractivity contribution in [3.05, 3.63) is 24.3 Å². The van der Waals surface area contributed by atoms with Crippen LogP contribution in [-0.2, 0) is 9.59 Å². The molecule has 2 saturated heterocycles. The van der Waals surface area contributed by atoms with Crippen LogP contribution in [0.2, 0.25) is 0 Å². The number of anilines is 1. The van der Waals surface area contributed by atoms with E-state index in [4.69, 9.17) is 0 Å². The summed E-state index contributed by atoms with van der Waals surface area (Å²) in [6.07, 6.45) is 1.25. The number of nitrogens with one attached hydrogen (secondary N) is 2. The number of benzene rings is 1. The van der Waals surface area contributed by atoms with E-state index in [-0.39, 0.29) is 23.8 Å². The molecule has 2 fully saturated rings. The van der Waals surface area contributed by atoms with E-state index in [9.17, 15) is 9.59 Å². The van der Waals surface area contributed by atoms with Crippen molar-refractivity contribution in [2.24, 2.45) is 5.92 Å². The van der Waals surface area contributed by atoms with Crippen LogP contribution in [0, 0.1) is 5.92 Å². The zero-order valence-corrected chi connectivity index (χ0v) is 14.4. The van der Waals surface area contributed by atoms with Crippen molar-refractivity contribution in [2.75, 3.05) is 31.1 Å². The Morgan fingerprint density at radius 1 is 1.20 bits per heavy atom. The summed E-state index contributed by atoms with van der Waals surface area (Å²) in [6, 6.07) is 7.60. The molecule has 2 aliphatic rings. The van der Waals surface area contributed by atoms with Crippen molar-refractivity contribution < 1.29 is 9.59 Å². The topological polar surface area (TPSA) is 81.3 Å². The second kappa shape index (κ2) is 6.38. The van der Waals surface area contributed by atoms with Crippen LogP contribution >= 0.6 is 0 Å². The van der Waals surface area contributed by atoms with Crippen molar-refractivity contribution >= 4 is 28.8 Å². The molecule has 0 spiro atoms. The largest absolute Gasteiger partial charge is 0.344 e. The number of piperidine rings is 1. The van der Waals surface area contributed by atoms with Crippen molar-refractivity contribution in [1.82, 2.24) is 20.2 Å². The fraction of sp³-hybridized carbons (Fsp3) is 0.500. The molecule has 2 atom stereocenters. The number of carbonyl (C=O) groups is 2.